The van der Waals surface area contributed by atoms with Gasteiger partial charge in [0.05, 0.1) is 12.1 Å². The molecule has 0 radical (unpaired) electrons. The van der Waals surface area contributed by atoms with Gasteiger partial charge in [0.15, 0.2) is 0 Å². The van der Waals surface area contributed by atoms with E-state index >= 15 is 0 Å². The SMILES string of the molecule is CC(C)(C)C1(c2ccc(F)cc2)CN(O[Si](C)(C)C(C)(C)C)CCN1C(=O)O. The van der Waals surface area contributed by atoms with Crippen LogP contribution in [0, 0.1) is 11.2 Å². The van der Waals surface area contributed by atoms with Gasteiger partial charge in [-0.1, -0.05) is 53.7 Å². The molecule has 1 aromatic carbocycles. The molecular weight excluding hydrogens is 375 g/mol. The van der Waals surface area contributed by atoms with Crippen molar-refractivity contribution < 1.29 is 18.8 Å². The Bertz CT molecular complexity index is 710. The van der Waals surface area contributed by atoms with Gasteiger partial charge in [-0.15, -0.1) is 0 Å². The third-order valence-corrected chi connectivity index (χ3v) is 10.7. The van der Waals surface area contributed by atoms with Gasteiger partial charge in [-0.2, -0.15) is 5.06 Å². The smallest absolute Gasteiger partial charge is 0.408 e. The van der Waals surface area contributed by atoms with Crippen LogP contribution in [0.5, 0.6) is 0 Å². The average Bonchev–Trinajstić information content (AvgIpc) is 2.52. The monoisotopic (exact) mass is 410 g/mol. The van der Waals surface area contributed by atoms with Gasteiger partial charge in [0.25, 0.3) is 0 Å². The van der Waals surface area contributed by atoms with Crippen LogP contribution in [0.2, 0.25) is 18.1 Å². The van der Waals surface area contributed by atoms with Crippen molar-refractivity contribution in [2.75, 3.05) is 19.6 Å². The lowest BCUT2D eigenvalue weighted by molar-refractivity contribution is -0.166. The molecule has 158 valence electrons. The second-order valence-electron chi connectivity index (χ2n) is 10.3. The van der Waals surface area contributed by atoms with Crippen LogP contribution >= 0.6 is 0 Å². The van der Waals surface area contributed by atoms with Crippen LogP contribution in [-0.4, -0.2) is 49.1 Å². The van der Waals surface area contributed by atoms with Crippen molar-refractivity contribution in [2.24, 2.45) is 5.41 Å². The fourth-order valence-electron chi connectivity index (χ4n) is 3.67. The summed E-state index contributed by atoms with van der Waals surface area (Å²) in [6, 6.07) is 6.20. The number of carboxylic acid groups (broad SMARTS) is 1. The Balaban J connectivity index is 2.54. The zero-order chi connectivity index (χ0) is 21.5. The van der Waals surface area contributed by atoms with E-state index in [4.69, 9.17) is 4.53 Å². The van der Waals surface area contributed by atoms with E-state index < -0.39 is 25.4 Å². The molecule has 1 aliphatic heterocycles. The van der Waals surface area contributed by atoms with Crippen LogP contribution in [0.3, 0.4) is 0 Å². The molecule has 1 fully saturated rings. The highest BCUT2D eigenvalue weighted by atomic mass is 28.4. The van der Waals surface area contributed by atoms with Crippen LogP contribution in [0.25, 0.3) is 0 Å². The molecule has 1 aliphatic rings. The number of piperazine rings is 1. The Morgan fingerprint density at radius 1 is 1.11 bits per heavy atom. The van der Waals surface area contributed by atoms with Crippen LogP contribution in [0.1, 0.15) is 47.1 Å². The van der Waals surface area contributed by atoms with E-state index in [1.165, 1.54) is 17.0 Å². The van der Waals surface area contributed by atoms with E-state index in [9.17, 15) is 14.3 Å². The zero-order valence-electron chi connectivity index (χ0n) is 18.5. The first kappa shape index (κ1) is 22.8. The zero-order valence-corrected chi connectivity index (χ0v) is 19.5. The van der Waals surface area contributed by atoms with Gasteiger partial charge in [-0.25, -0.2) is 9.18 Å². The molecule has 0 aliphatic carbocycles. The molecule has 2 rings (SSSR count). The third kappa shape index (κ3) is 4.11. The second-order valence-corrected chi connectivity index (χ2v) is 15.0. The van der Waals surface area contributed by atoms with Crippen molar-refractivity contribution in [3.63, 3.8) is 0 Å². The summed E-state index contributed by atoms with van der Waals surface area (Å²) in [5.41, 5.74) is -0.501. The Morgan fingerprint density at radius 2 is 1.64 bits per heavy atom. The number of rotatable bonds is 3. The van der Waals surface area contributed by atoms with Gasteiger partial charge in [0, 0.05) is 13.1 Å². The molecule has 0 spiro atoms. The molecule has 5 nitrogen and oxygen atoms in total. The molecule has 1 atom stereocenters. The molecule has 1 unspecified atom stereocenters. The Hall–Kier alpha value is -1.44. The van der Waals surface area contributed by atoms with E-state index in [2.05, 4.69) is 33.9 Å². The number of halogens is 1. The number of hydrogen-bond acceptors (Lipinski definition) is 3. The number of amides is 1. The minimum atomic E-state index is -2.07. The van der Waals surface area contributed by atoms with Gasteiger partial charge >= 0.3 is 6.09 Å². The highest BCUT2D eigenvalue weighted by Gasteiger charge is 2.54. The Labute approximate surface area is 169 Å². The Kier molecular flexibility index (Phi) is 6.06. The average molecular weight is 411 g/mol. The van der Waals surface area contributed by atoms with Gasteiger partial charge in [-0.05, 0) is 41.2 Å². The molecule has 0 saturated carbocycles. The van der Waals surface area contributed by atoms with E-state index in [-0.39, 0.29) is 10.9 Å². The number of nitrogens with zero attached hydrogens (tertiary/aromatic N) is 2. The van der Waals surface area contributed by atoms with Crippen molar-refractivity contribution in [2.45, 2.75) is 65.2 Å². The van der Waals surface area contributed by atoms with Crippen LogP contribution < -0.4 is 0 Å². The molecule has 1 aromatic rings. The molecule has 1 saturated heterocycles. The highest BCUT2D eigenvalue weighted by Crippen LogP contribution is 2.48. The number of hydroxylamine groups is 2. The maximum atomic E-state index is 13.6. The summed E-state index contributed by atoms with van der Waals surface area (Å²) in [7, 11) is -2.07. The second kappa shape index (κ2) is 7.43. The van der Waals surface area contributed by atoms with Gasteiger partial charge in [-0.3, -0.25) is 4.90 Å². The largest absolute Gasteiger partial charge is 0.465 e. The van der Waals surface area contributed by atoms with E-state index in [1.54, 1.807) is 12.1 Å². The van der Waals surface area contributed by atoms with Crippen molar-refractivity contribution in [1.82, 2.24) is 9.96 Å². The quantitative estimate of drug-likeness (QED) is 0.687. The maximum Gasteiger partial charge on any atom is 0.408 e. The third-order valence-electron chi connectivity index (χ3n) is 6.40. The van der Waals surface area contributed by atoms with Crippen LogP contribution in [0.15, 0.2) is 24.3 Å². The molecule has 28 heavy (non-hydrogen) atoms. The summed E-state index contributed by atoms with van der Waals surface area (Å²) < 4.78 is 20.1. The first-order chi connectivity index (χ1) is 12.6. The van der Waals surface area contributed by atoms with Crippen LogP contribution in [-0.2, 0) is 10.1 Å². The molecular formula is C21H35FN2O3Si. The summed E-state index contributed by atoms with van der Waals surface area (Å²) in [6.07, 6.45) is -0.966. The van der Waals surface area contributed by atoms with Crippen molar-refractivity contribution in [1.29, 1.82) is 0 Å². The first-order valence-corrected chi connectivity index (χ1v) is 12.7. The summed E-state index contributed by atoms with van der Waals surface area (Å²) >= 11 is 0. The topological polar surface area (TPSA) is 53.0 Å². The fraction of sp³-hybridized carbons (Fsp3) is 0.667. The highest BCUT2D eigenvalue weighted by molar-refractivity contribution is 6.74. The predicted octanol–water partition coefficient (Wildman–Crippen LogP) is 5.30. The van der Waals surface area contributed by atoms with Crippen molar-refractivity contribution in [3.05, 3.63) is 35.6 Å². The van der Waals surface area contributed by atoms with Gasteiger partial charge < -0.3 is 9.63 Å². The predicted molar refractivity (Wildman–Crippen MR) is 112 cm³/mol. The Morgan fingerprint density at radius 3 is 2.07 bits per heavy atom. The summed E-state index contributed by atoms with van der Waals surface area (Å²) in [6.45, 7) is 18.3. The fourth-order valence-corrected chi connectivity index (χ4v) is 4.74. The molecule has 0 bridgehead atoms. The van der Waals surface area contributed by atoms with Gasteiger partial charge in [0.2, 0.25) is 8.32 Å². The number of benzene rings is 1. The molecule has 7 heteroatoms. The normalized spacial score (nSPS) is 22.4. The van der Waals surface area contributed by atoms with Crippen molar-refractivity contribution in [3.8, 4) is 0 Å². The molecule has 1 heterocycles. The van der Waals surface area contributed by atoms with Gasteiger partial charge in [0.1, 0.15) is 5.82 Å². The van der Waals surface area contributed by atoms with E-state index in [0.717, 1.165) is 5.56 Å². The lowest BCUT2D eigenvalue weighted by Gasteiger charge is -2.57. The minimum Gasteiger partial charge on any atom is -0.465 e. The minimum absolute atomic E-state index is 0.0389. The summed E-state index contributed by atoms with van der Waals surface area (Å²) in [5, 5.41) is 12.0. The summed E-state index contributed by atoms with van der Waals surface area (Å²) in [5.74, 6) is -0.333. The van der Waals surface area contributed by atoms with E-state index in [0.29, 0.717) is 19.6 Å². The molecule has 0 aromatic heterocycles. The first-order valence-electron chi connectivity index (χ1n) is 9.82. The number of hydrogen-bond donors (Lipinski definition) is 1. The number of carbonyl (C=O) groups is 1. The maximum absolute atomic E-state index is 13.6. The lowest BCUT2D eigenvalue weighted by atomic mass is 9.67. The lowest BCUT2D eigenvalue weighted by Crippen LogP contribution is -2.67. The standard InChI is InChI=1S/C21H35FN2O3Si/c1-19(2,3)21(16-9-11-17(22)12-10-16)15-23(13-14-24(21)18(25)26)27-28(7,8)20(4,5)6/h9-12H,13-15H2,1-8H3,(H,25,26). The van der Waals surface area contributed by atoms with Crippen LogP contribution in [0.4, 0.5) is 9.18 Å². The van der Waals surface area contributed by atoms with Crippen molar-refractivity contribution >= 4 is 14.4 Å². The van der Waals surface area contributed by atoms with E-state index in [1.807, 2.05) is 25.8 Å². The summed E-state index contributed by atoms with van der Waals surface area (Å²) in [4.78, 5) is 13.7. The molecule has 1 amide bonds. The molecule has 1 N–H and O–H groups in total.